The van der Waals surface area contributed by atoms with Crippen molar-refractivity contribution in [3.8, 4) is 0 Å². The van der Waals surface area contributed by atoms with Crippen molar-refractivity contribution in [3.05, 3.63) is 34.6 Å². The summed E-state index contributed by atoms with van der Waals surface area (Å²) in [5, 5.41) is 19.0. The Balaban J connectivity index is 2.13. The lowest BCUT2D eigenvalue weighted by Gasteiger charge is -2.24. The molecule has 22 heavy (non-hydrogen) atoms. The Bertz CT molecular complexity index is 598. The van der Waals surface area contributed by atoms with E-state index in [0.29, 0.717) is 0 Å². The molecule has 8 heteroatoms. The average molecular weight is 331 g/mol. The predicted octanol–water partition coefficient (Wildman–Crippen LogP) is 0.681. The Kier molecular flexibility index (Phi) is 5.00. The van der Waals surface area contributed by atoms with Gasteiger partial charge in [0.25, 0.3) is 5.91 Å². The van der Waals surface area contributed by atoms with E-state index >= 15 is 0 Å². The largest absolute Gasteiger partial charge is 0.480 e. The molecule has 2 rings (SSSR count). The van der Waals surface area contributed by atoms with Gasteiger partial charge in [-0.1, -0.05) is 11.6 Å². The van der Waals surface area contributed by atoms with Crippen molar-refractivity contribution in [1.82, 2.24) is 9.80 Å². The number of β-amino-alcohol motifs (C(OH)–C–C–N with tert-alkyl or cyclic N) is 1. The third-order valence-electron chi connectivity index (χ3n) is 3.66. The number of halogens is 2. The van der Waals surface area contributed by atoms with Crippen molar-refractivity contribution in [2.75, 3.05) is 26.7 Å². The van der Waals surface area contributed by atoms with E-state index in [1.165, 1.54) is 21.9 Å². The lowest BCUT2D eigenvalue weighted by molar-refractivity contribution is -0.138. The average Bonchev–Trinajstić information content (AvgIpc) is 2.82. The molecule has 120 valence electrons. The van der Waals surface area contributed by atoms with E-state index in [0.717, 1.165) is 6.07 Å². The molecule has 2 atom stereocenters. The van der Waals surface area contributed by atoms with Gasteiger partial charge >= 0.3 is 5.97 Å². The summed E-state index contributed by atoms with van der Waals surface area (Å²) in [6.07, 6.45) is -0.893. The van der Waals surface area contributed by atoms with Gasteiger partial charge in [0.15, 0.2) is 0 Å². The minimum atomic E-state index is -1.03. The number of carbonyl (C=O) groups excluding carboxylic acids is 1. The van der Waals surface area contributed by atoms with Crippen LogP contribution in [0.4, 0.5) is 4.39 Å². The van der Waals surface area contributed by atoms with Crippen molar-refractivity contribution in [1.29, 1.82) is 0 Å². The van der Waals surface area contributed by atoms with E-state index in [4.69, 9.17) is 16.7 Å². The molecule has 1 saturated heterocycles. The number of hydrogen-bond donors (Lipinski definition) is 2. The van der Waals surface area contributed by atoms with Crippen molar-refractivity contribution in [2.24, 2.45) is 0 Å². The third kappa shape index (κ3) is 3.55. The van der Waals surface area contributed by atoms with Crippen LogP contribution in [-0.2, 0) is 4.79 Å². The fourth-order valence-electron chi connectivity index (χ4n) is 2.53. The van der Waals surface area contributed by atoms with Crippen LogP contribution in [0.2, 0.25) is 5.02 Å². The lowest BCUT2D eigenvalue weighted by atomic mass is 10.2. The maximum absolute atomic E-state index is 13.7. The van der Waals surface area contributed by atoms with Gasteiger partial charge in [0.2, 0.25) is 0 Å². The number of carboxylic acids is 1. The molecule has 0 aliphatic carbocycles. The second-order valence-corrected chi connectivity index (χ2v) is 5.71. The summed E-state index contributed by atoms with van der Waals surface area (Å²) in [5.74, 6) is -2.29. The molecule has 0 unspecified atom stereocenters. The van der Waals surface area contributed by atoms with E-state index < -0.39 is 29.8 Å². The number of hydrogen-bond acceptors (Lipinski definition) is 4. The Morgan fingerprint density at radius 3 is 2.77 bits per heavy atom. The molecule has 6 nitrogen and oxygen atoms in total. The number of aliphatic hydroxyl groups excluding tert-OH is 1. The van der Waals surface area contributed by atoms with Crippen LogP contribution in [0.25, 0.3) is 0 Å². The molecule has 1 aliphatic rings. The summed E-state index contributed by atoms with van der Waals surface area (Å²) < 4.78 is 13.7. The highest BCUT2D eigenvalue weighted by molar-refractivity contribution is 6.31. The van der Waals surface area contributed by atoms with Crippen LogP contribution in [0.5, 0.6) is 0 Å². The van der Waals surface area contributed by atoms with Crippen LogP contribution in [0.15, 0.2) is 18.2 Å². The second kappa shape index (κ2) is 6.60. The zero-order valence-electron chi connectivity index (χ0n) is 11.9. The molecule has 1 amide bonds. The number of carboxylic acid groups (broad SMARTS) is 1. The Morgan fingerprint density at radius 2 is 2.14 bits per heavy atom. The molecule has 1 heterocycles. The van der Waals surface area contributed by atoms with Gasteiger partial charge in [-0.2, -0.15) is 0 Å². The van der Waals surface area contributed by atoms with Crippen LogP contribution in [-0.4, -0.2) is 70.7 Å². The highest BCUT2D eigenvalue weighted by Gasteiger charge is 2.37. The SMILES string of the molecule is CN(CC(=O)O)[C@@H]1CN(C(=O)c2cc(Cl)ccc2F)C[C@H]1O. The summed E-state index contributed by atoms with van der Waals surface area (Å²) in [6.45, 7) is -0.121. The van der Waals surface area contributed by atoms with Gasteiger partial charge in [-0.05, 0) is 25.2 Å². The first-order valence-corrected chi connectivity index (χ1v) is 7.02. The molecule has 0 bridgehead atoms. The molecule has 0 saturated carbocycles. The minimum Gasteiger partial charge on any atom is -0.480 e. The molecule has 0 aromatic heterocycles. The summed E-state index contributed by atoms with van der Waals surface area (Å²) >= 11 is 5.77. The standard InChI is InChI=1S/C14H16ClFN2O4/c1-17(7-13(20)21)11-5-18(6-12(11)19)14(22)9-4-8(15)2-3-10(9)16/h2-4,11-12,19H,5-7H2,1H3,(H,20,21)/t11-,12-/m1/s1. The number of aliphatic carboxylic acids is 1. The first kappa shape index (κ1) is 16.7. The fraction of sp³-hybridized carbons (Fsp3) is 0.429. The van der Waals surface area contributed by atoms with Crippen molar-refractivity contribution in [3.63, 3.8) is 0 Å². The van der Waals surface area contributed by atoms with Gasteiger partial charge in [0.1, 0.15) is 5.82 Å². The molecule has 2 N–H and O–H groups in total. The highest BCUT2D eigenvalue weighted by Crippen LogP contribution is 2.21. The maximum Gasteiger partial charge on any atom is 0.317 e. The van der Waals surface area contributed by atoms with Gasteiger partial charge < -0.3 is 15.1 Å². The maximum atomic E-state index is 13.7. The predicted molar refractivity (Wildman–Crippen MR) is 77.4 cm³/mol. The zero-order valence-corrected chi connectivity index (χ0v) is 12.6. The topological polar surface area (TPSA) is 81.1 Å². The number of likely N-dealkylation sites (tertiary alicyclic amines) is 1. The summed E-state index contributed by atoms with van der Waals surface area (Å²) in [7, 11) is 1.55. The minimum absolute atomic E-state index is 0.0133. The molecule has 1 aromatic carbocycles. The van der Waals surface area contributed by atoms with Crippen molar-refractivity contribution >= 4 is 23.5 Å². The van der Waals surface area contributed by atoms with Gasteiger partial charge in [-0.15, -0.1) is 0 Å². The van der Waals surface area contributed by atoms with Gasteiger partial charge in [0.05, 0.1) is 24.3 Å². The monoisotopic (exact) mass is 330 g/mol. The van der Waals surface area contributed by atoms with E-state index in [9.17, 15) is 19.1 Å². The number of carbonyl (C=O) groups is 2. The number of likely N-dealkylation sites (N-methyl/N-ethyl adjacent to an activating group) is 1. The first-order chi connectivity index (χ1) is 10.3. The highest BCUT2D eigenvalue weighted by atomic mass is 35.5. The Morgan fingerprint density at radius 1 is 1.45 bits per heavy atom. The van der Waals surface area contributed by atoms with E-state index in [2.05, 4.69) is 0 Å². The number of aliphatic hydroxyl groups is 1. The fourth-order valence-corrected chi connectivity index (χ4v) is 2.70. The van der Waals surface area contributed by atoms with Crippen molar-refractivity contribution in [2.45, 2.75) is 12.1 Å². The van der Waals surface area contributed by atoms with Crippen LogP contribution >= 0.6 is 11.6 Å². The van der Waals surface area contributed by atoms with Gasteiger partial charge in [-0.25, -0.2) is 4.39 Å². The van der Waals surface area contributed by atoms with E-state index in [1.807, 2.05) is 0 Å². The zero-order chi connectivity index (χ0) is 16.4. The number of nitrogens with zero attached hydrogens (tertiary/aromatic N) is 2. The molecule has 0 radical (unpaired) electrons. The quantitative estimate of drug-likeness (QED) is 0.848. The van der Waals surface area contributed by atoms with Gasteiger partial charge in [0, 0.05) is 18.1 Å². The van der Waals surface area contributed by atoms with E-state index in [1.54, 1.807) is 7.05 Å². The normalized spacial score (nSPS) is 21.4. The molecular weight excluding hydrogens is 315 g/mol. The van der Waals surface area contributed by atoms with Gasteiger partial charge in [-0.3, -0.25) is 14.5 Å². The second-order valence-electron chi connectivity index (χ2n) is 5.28. The lowest BCUT2D eigenvalue weighted by Crippen LogP contribution is -2.43. The van der Waals surface area contributed by atoms with Crippen LogP contribution in [0, 0.1) is 5.82 Å². The molecular formula is C14H16ClFN2O4. The molecule has 0 spiro atoms. The number of rotatable bonds is 4. The number of amides is 1. The first-order valence-electron chi connectivity index (χ1n) is 6.64. The molecule has 1 fully saturated rings. The van der Waals surface area contributed by atoms with Crippen LogP contribution in [0.1, 0.15) is 10.4 Å². The Hall–Kier alpha value is -1.70. The Labute approximate surface area is 131 Å². The van der Waals surface area contributed by atoms with E-state index in [-0.39, 0.29) is 30.2 Å². The smallest absolute Gasteiger partial charge is 0.317 e. The summed E-state index contributed by atoms with van der Waals surface area (Å²) in [4.78, 5) is 25.8. The summed E-state index contributed by atoms with van der Waals surface area (Å²) in [5.41, 5.74) is -0.166. The van der Waals surface area contributed by atoms with Crippen molar-refractivity contribution < 1.29 is 24.2 Å². The summed E-state index contributed by atoms with van der Waals surface area (Å²) in [6, 6.07) is 3.17. The van der Waals surface area contributed by atoms with Crippen LogP contribution in [0.3, 0.4) is 0 Å². The van der Waals surface area contributed by atoms with Crippen LogP contribution < -0.4 is 0 Å². The molecule has 1 aliphatic heterocycles. The number of benzene rings is 1. The molecule has 1 aromatic rings. The third-order valence-corrected chi connectivity index (χ3v) is 3.89.